The van der Waals surface area contributed by atoms with Gasteiger partial charge in [-0.15, -0.1) is 11.8 Å². The lowest BCUT2D eigenvalue weighted by Gasteiger charge is -2.37. The number of thioether (sulfide) groups is 1. The summed E-state index contributed by atoms with van der Waals surface area (Å²) in [6, 6.07) is 40.1. The summed E-state index contributed by atoms with van der Waals surface area (Å²) in [4.78, 5) is 121. The zero-order valence-corrected chi connectivity index (χ0v) is 51.8. The van der Waals surface area contributed by atoms with Crippen LogP contribution in [0.3, 0.4) is 0 Å². The van der Waals surface area contributed by atoms with Crippen LogP contribution in [-0.4, -0.2) is 162 Å². The number of benzene rings is 5. The van der Waals surface area contributed by atoms with E-state index in [4.69, 9.17) is 8.94 Å². The average Bonchev–Trinajstić information content (AvgIpc) is 0.832. The number of nitrogens with zero attached hydrogens (tertiary/aromatic N) is 13. The third-order valence-corrected chi connectivity index (χ3v) is 18.3. The van der Waals surface area contributed by atoms with E-state index in [0.717, 1.165) is 28.0 Å². The van der Waals surface area contributed by atoms with Gasteiger partial charge in [-0.25, -0.2) is 0 Å². The normalized spacial score (nSPS) is 15.8. The summed E-state index contributed by atoms with van der Waals surface area (Å²) in [5.41, 5.74) is 0.502. The number of hydrogen-bond donors (Lipinski definition) is 1. The Kier molecular flexibility index (Phi) is 18.0. The highest BCUT2D eigenvalue weighted by molar-refractivity contribution is 7.99. The van der Waals surface area contributed by atoms with Gasteiger partial charge in [0.1, 0.15) is 17.1 Å². The molecule has 4 aliphatic heterocycles. The van der Waals surface area contributed by atoms with Crippen LogP contribution >= 0.6 is 11.8 Å². The lowest BCUT2D eigenvalue weighted by Crippen LogP contribution is -2.54. The number of pyridine rings is 3. The maximum absolute atomic E-state index is 13.7. The first kappa shape index (κ1) is 63.0. The Hall–Kier alpha value is -11.2. The molecule has 4 saturated heterocycles. The molecule has 0 radical (unpaired) electrons. The van der Waals surface area contributed by atoms with Gasteiger partial charge < -0.3 is 47.5 Å². The lowest BCUT2D eigenvalue weighted by atomic mass is 10.1. The maximum Gasteiger partial charge on any atom is 0.357 e. The molecule has 5 aromatic carbocycles. The molecule has 0 spiro atoms. The topological polar surface area (TPSA) is 317 Å². The van der Waals surface area contributed by atoms with E-state index in [-0.39, 0.29) is 41.8 Å². The molecule has 9 heterocycles. The summed E-state index contributed by atoms with van der Waals surface area (Å²) in [5, 5.41) is 46.5. The van der Waals surface area contributed by atoms with Crippen molar-refractivity contribution in [2.75, 3.05) is 105 Å². The molecule has 3 amide bonds. The molecular weight excluding hydrogens is 1230 g/mol. The number of para-hydroxylation sites is 3. The van der Waals surface area contributed by atoms with Crippen LogP contribution in [0.5, 0.6) is 0 Å². The molecular formula is C65H62N14O14S. The number of nitrogens with one attached hydrogen (secondary N) is 1. The van der Waals surface area contributed by atoms with Crippen LogP contribution in [0.4, 0.5) is 34.1 Å². The van der Waals surface area contributed by atoms with Crippen LogP contribution in [0.2, 0.25) is 0 Å². The average molecular weight is 1300 g/mol. The molecule has 5 aromatic heterocycles. The number of anilines is 3. The molecule has 482 valence electrons. The minimum atomic E-state index is -0.654. The Morgan fingerprint density at radius 1 is 0.532 bits per heavy atom. The summed E-state index contributed by atoms with van der Waals surface area (Å²) >= 11 is 1.70. The molecule has 4 fully saturated rings. The van der Waals surface area contributed by atoms with Gasteiger partial charge in [0.15, 0.2) is 5.76 Å². The van der Waals surface area contributed by atoms with Gasteiger partial charge in [-0.3, -0.25) is 69.0 Å². The van der Waals surface area contributed by atoms with Crippen molar-refractivity contribution in [3.63, 3.8) is 0 Å². The SMILES string of the molecule is Cn1c(=O)c([N+](=O)[O-])c(N2CCN(C(=O)C3CSCN3)CC2)c2ccccc21.Cn1c(=O)c([N+](=O)[O-])c(N2CCN(C(=O)c3ccno3)CC2)c2ccccc21.O=C(c1ccco1)N1CCN(c2c([N+](=O)[O-])c(=O)n(Cc3ccc4ccccc4c3)c3ccccc23)CC1. The van der Waals surface area contributed by atoms with E-state index in [1.807, 2.05) is 82.6 Å². The zero-order chi connectivity index (χ0) is 65.9. The third kappa shape index (κ3) is 12.3. The van der Waals surface area contributed by atoms with E-state index in [9.17, 15) is 59.1 Å². The molecule has 1 atom stereocenters. The third-order valence-electron chi connectivity index (χ3n) is 17.4. The Labute approximate surface area is 537 Å². The first-order valence-corrected chi connectivity index (χ1v) is 31.3. The van der Waals surface area contributed by atoms with Crippen LogP contribution in [0.1, 0.15) is 26.7 Å². The fraction of sp³-hybridized carbons (Fsp3) is 0.277. The van der Waals surface area contributed by atoms with Crippen molar-refractivity contribution in [1.82, 2.24) is 38.9 Å². The van der Waals surface area contributed by atoms with Crippen LogP contribution in [0, 0.1) is 30.3 Å². The standard InChI is InChI=1S/C29H24N4O5.C18H17N5O5.C18H21N5O4S/c34-28(25-10-5-17-38-25)31-15-13-30(14-16-31)26-23-8-3-4-9-24(23)32(29(35)27(26)33(36)37)19-20-11-12-21-6-1-2-7-22(21)18-20;1-20-13-5-3-2-4-12(13)15(16(18(20)25)23(26)27)21-8-10-22(11-9-21)17(24)14-6-7-19-28-14;1-20-14-5-3-2-4-12(14)15(16(18(20)25)23(26)27)21-6-8-22(9-7-21)17(24)13-10-28-11-19-13/h1-12,17-18H,13-16,19H2;2-7H,8-11H2,1H3;2-5,13,19H,6-11H2,1H3. The van der Waals surface area contributed by atoms with Crippen LogP contribution in [0.25, 0.3) is 43.5 Å². The lowest BCUT2D eigenvalue weighted by molar-refractivity contribution is -0.385. The summed E-state index contributed by atoms with van der Waals surface area (Å²) in [6.07, 6.45) is 2.85. The number of aromatic nitrogens is 4. The predicted octanol–water partition coefficient (Wildman–Crippen LogP) is 6.82. The van der Waals surface area contributed by atoms with E-state index in [1.165, 1.54) is 39.3 Å². The minimum absolute atomic E-state index is 0.0768. The molecule has 28 nitrogen and oxygen atoms in total. The van der Waals surface area contributed by atoms with Crippen molar-refractivity contribution < 1.29 is 38.1 Å². The minimum Gasteiger partial charge on any atom is -0.459 e. The second-order valence-electron chi connectivity index (χ2n) is 22.7. The summed E-state index contributed by atoms with van der Waals surface area (Å²) in [7, 11) is 3.07. The Morgan fingerprint density at radius 2 is 0.989 bits per heavy atom. The second kappa shape index (κ2) is 26.9. The van der Waals surface area contributed by atoms with E-state index in [2.05, 4.69) is 10.5 Å². The smallest absolute Gasteiger partial charge is 0.357 e. The van der Waals surface area contributed by atoms with Crippen LogP contribution in [-0.2, 0) is 25.4 Å². The fourth-order valence-corrected chi connectivity index (χ4v) is 13.6. The first-order valence-electron chi connectivity index (χ1n) is 30.2. The molecule has 4 aliphatic rings. The van der Waals surface area contributed by atoms with Crippen molar-refractivity contribution in [2.24, 2.45) is 14.1 Å². The Balaban J connectivity index is 0.000000138. The number of nitro groups is 3. The molecule has 10 aromatic rings. The van der Waals surface area contributed by atoms with Crippen LogP contribution < -0.4 is 36.7 Å². The van der Waals surface area contributed by atoms with Gasteiger partial charge in [0.05, 0.1) is 56.4 Å². The zero-order valence-electron chi connectivity index (χ0n) is 51.0. The first-order chi connectivity index (χ1) is 45.5. The summed E-state index contributed by atoms with van der Waals surface area (Å²) < 4.78 is 14.2. The van der Waals surface area contributed by atoms with Gasteiger partial charge in [-0.1, -0.05) is 96.2 Å². The van der Waals surface area contributed by atoms with Gasteiger partial charge in [-0.05, 0) is 52.7 Å². The number of piperazine rings is 3. The molecule has 0 bridgehead atoms. The number of carbonyl (C=O) groups excluding carboxylic acids is 3. The Morgan fingerprint density at radius 3 is 1.46 bits per heavy atom. The number of fused-ring (bicyclic) bond motifs is 4. The van der Waals surface area contributed by atoms with E-state index in [1.54, 1.807) is 93.0 Å². The largest absolute Gasteiger partial charge is 0.459 e. The molecule has 1 N–H and O–H groups in total. The fourth-order valence-electron chi connectivity index (χ4n) is 12.7. The number of rotatable bonds is 11. The second-order valence-corrected chi connectivity index (χ2v) is 23.7. The van der Waals surface area contributed by atoms with E-state index in [0.29, 0.717) is 128 Å². The highest BCUT2D eigenvalue weighted by Crippen LogP contribution is 2.38. The number of aryl methyl sites for hydroxylation is 2. The monoisotopic (exact) mass is 1290 g/mol. The Bertz CT molecular complexity index is 4770. The van der Waals surface area contributed by atoms with E-state index >= 15 is 0 Å². The van der Waals surface area contributed by atoms with Crippen molar-refractivity contribution >= 4 is 107 Å². The summed E-state index contributed by atoms with van der Waals surface area (Å²) in [6.45, 7) is 4.87. The summed E-state index contributed by atoms with van der Waals surface area (Å²) in [5.74, 6) is 1.53. The quantitative estimate of drug-likeness (QED) is 0.102. The highest BCUT2D eigenvalue weighted by Gasteiger charge is 2.37. The number of hydrogen-bond acceptors (Lipinski definition) is 20. The predicted molar refractivity (Wildman–Crippen MR) is 354 cm³/mol. The van der Waals surface area contributed by atoms with Crippen molar-refractivity contribution in [1.29, 1.82) is 0 Å². The van der Waals surface area contributed by atoms with Gasteiger partial charge >= 0.3 is 33.7 Å². The number of amides is 3. The molecule has 94 heavy (non-hydrogen) atoms. The van der Waals surface area contributed by atoms with E-state index < -0.39 is 48.5 Å². The van der Waals surface area contributed by atoms with Gasteiger partial charge in [0.2, 0.25) is 11.7 Å². The molecule has 1 unspecified atom stereocenters. The molecule has 0 saturated carbocycles. The molecule has 0 aliphatic carbocycles. The number of carbonyl (C=O) groups is 3. The number of furan rings is 1. The van der Waals surface area contributed by atoms with Crippen molar-refractivity contribution in [2.45, 2.75) is 12.6 Å². The highest BCUT2D eigenvalue weighted by atomic mass is 32.2. The van der Waals surface area contributed by atoms with Gasteiger partial charge in [-0.2, -0.15) is 0 Å². The van der Waals surface area contributed by atoms with Crippen molar-refractivity contribution in [3.8, 4) is 0 Å². The van der Waals surface area contributed by atoms with Gasteiger partial charge in [0, 0.05) is 126 Å². The van der Waals surface area contributed by atoms with Crippen molar-refractivity contribution in [3.05, 3.63) is 224 Å². The molecule has 29 heteroatoms. The van der Waals surface area contributed by atoms with Gasteiger partial charge in [0.25, 0.3) is 11.8 Å². The maximum atomic E-state index is 13.7. The molecule has 14 rings (SSSR count). The van der Waals surface area contributed by atoms with Crippen LogP contribution in [0.15, 0.2) is 169 Å².